The SMILES string of the molecule is CN=C(NCC1(N(C)C)CCOCC1)NC1CCN(C(C)C)CC1. The predicted molar refractivity (Wildman–Crippen MR) is 101 cm³/mol. The molecule has 2 rings (SSSR count). The van der Waals surface area contributed by atoms with Crippen LogP contribution in [0.1, 0.15) is 39.5 Å². The molecule has 0 radical (unpaired) electrons. The number of likely N-dealkylation sites (tertiary alicyclic amines) is 1. The first kappa shape index (κ1) is 19.5. The number of nitrogens with one attached hydrogen (secondary N) is 2. The lowest BCUT2D eigenvalue weighted by atomic mass is 9.88. The van der Waals surface area contributed by atoms with Crippen LogP contribution in [0.3, 0.4) is 0 Å². The van der Waals surface area contributed by atoms with Gasteiger partial charge in [-0.3, -0.25) is 4.99 Å². The zero-order valence-corrected chi connectivity index (χ0v) is 16.3. The highest BCUT2D eigenvalue weighted by Crippen LogP contribution is 2.25. The van der Waals surface area contributed by atoms with Crippen molar-refractivity contribution < 1.29 is 4.74 Å². The molecule has 2 heterocycles. The van der Waals surface area contributed by atoms with E-state index in [1.807, 2.05) is 7.05 Å². The summed E-state index contributed by atoms with van der Waals surface area (Å²) in [5, 5.41) is 7.19. The van der Waals surface area contributed by atoms with E-state index in [4.69, 9.17) is 4.74 Å². The summed E-state index contributed by atoms with van der Waals surface area (Å²) in [6.45, 7) is 9.51. The number of ether oxygens (including phenoxy) is 1. The first-order valence-electron chi connectivity index (χ1n) is 9.43. The van der Waals surface area contributed by atoms with Crippen molar-refractivity contribution in [3.8, 4) is 0 Å². The van der Waals surface area contributed by atoms with E-state index in [1.165, 1.54) is 25.9 Å². The summed E-state index contributed by atoms with van der Waals surface area (Å²) in [6, 6.07) is 1.17. The summed E-state index contributed by atoms with van der Waals surface area (Å²) < 4.78 is 5.55. The summed E-state index contributed by atoms with van der Waals surface area (Å²) in [5.41, 5.74) is 0.164. The normalized spacial score (nSPS) is 23.7. The number of hydrogen-bond acceptors (Lipinski definition) is 4. The zero-order chi connectivity index (χ0) is 17.6. The van der Waals surface area contributed by atoms with Gasteiger partial charge in [-0.15, -0.1) is 0 Å². The Bertz CT molecular complexity index is 396. The Balaban J connectivity index is 1.82. The molecule has 0 spiro atoms. The van der Waals surface area contributed by atoms with Crippen LogP contribution >= 0.6 is 0 Å². The molecular formula is C18H37N5O. The molecule has 6 nitrogen and oxygen atoms in total. The van der Waals surface area contributed by atoms with Crippen molar-refractivity contribution in [3.05, 3.63) is 0 Å². The summed E-state index contributed by atoms with van der Waals surface area (Å²) >= 11 is 0. The lowest BCUT2D eigenvalue weighted by Gasteiger charge is -2.43. The third-order valence-corrected chi connectivity index (χ3v) is 5.78. The van der Waals surface area contributed by atoms with E-state index in [-0.39, 0.29) is 5.54 Å². The average Bonchev–Trinajstić information content (AvgIpc) is 2.59. The Morgan fingerprint density at radius 2 is 1.88 bits per heavy atom. The van der Waals surface area contributed by atoms with Crippen LogP contribution < -0.4 is 10.6 Å². The number of hydrogen-bond donors (Lipinski definition) is 2. The van der Waals surface area contributed by atoms with Crippen molar-refractivity contribution in [1.29, 1.82) is 0 Å². The van der Waals surface area contributed by atoms with Gasteiger partial charge in [0.15, 0.2) is 5.96 Å². The third kappa shape index (κ3) is 5.07. The van der Waals surface area contributed by atoms with Crippen molar-refractivity contribution in [3.63, 3.8) is 0 Å². The fourth-order valence-electron chi connectivity index (χ4n) is 3.73. The second-order valence-electron chi connectivity index (χ2n) is 7.71. The highest BCUT2D eigenvalue weighted by molar-refractivity contribution is 5.80. The Kier molecular flexibility index (Phi) is 7.32. The van der Waals surface area contributed by atoms with Gasteiger partial charge in [-0.2, -0.15) is 0 Å². The maximum absolute atomic E-state index is 5.55. The van der Waals surface area contributed by atoms with E-state index in [9.17, 15) is 0 Å². The monoisotopic (exact) mass is 339 g/mol. The van der Waals surface area contributed by atoms with Crippen LogP contribution in [0.2, 0.25) is 0 Å². The minimum atomic E-state index is 0.164. The topological polar surface area (TPSA) is 52.1 Å². The molecule has 6 heteroatoms. The quantitative estimate of drug-likeness (QED) is 0.581. The van der Waals surface area contributed by atoms with Crippen LogP contribution in [-0.4, -0.2) is 87.4 Å². The molecule has 2 saturated heterocycles. The van der Waals surface area contributed by atoms with Gasteiger partial charge in [0.05, 0.1) is 0 Å². The van der Waals surface area contributed by atoms with Crippen molar-refractivity contribution >= 4 is 5.96 Å². The molecular weight excluding hydrogens is 302 g/mol. The molecule has 2 aliphatic rings. The van der Waals surface area contributed by atoms with Gasteiger partial charge < -0.3 is 25.2 Å². The Morgan fingerprint density at radius 1 is 1.25 bits per heavy atom. The van der Waals surface area contributed by atoms with E-state index >= 15 is 0 Å². The van der Waals surface area contributed by atoms with Crippen LogP contribution in [0.25, 0.3) is 0 Å². The van der Waals surface area contributed by atoms with Crippen LogP contribution in [0.4, 0.5) is 0 Å². The minimum absolute atomic E-state index is 0.164. The molecule has 0 amide bonds. The summed E-state index contributed by atoms with van der Waals surface area (Å²) in [7, 11) is 6.21. The molecule has 140 valence electrons. The van der Waals surface area contributed by atoms with Gasteiger partial charge in [0, 0.05) is 57.5 Å². The number of rotatable bonds is 5. The highest BCUT2D eigenvalue weighted by Gasteiger charge is 2.35. The minimum Gasteiger partial charge on any atom is -0.381 e. The molecule has 0 unspecified atom stereocenters. The summed E-state index contributed by atoms with van der Waals surface area (Å²) in [4.78, 5) is 9.34. The fraction of sp³-hybridized carbons (Fsp3) is 0.944. The van der Waals surface area contributed by atoms with Crippen molar-refractivity contribution in [2.24, 2.45) is 4.99 Å². The molecule has 24 heavy (non-hydrogen) atoms. The standard InChI is InChI=1S/C18H37N5O/c1-15(2)23-10-6-16(7-11-23)21-17(19-3)20-14-18(22(4)5)8-12-24-13-9-18/h15-16H,6-14H2,1-5H3,(H2,19,20,21). The van der Waals surface area contributed by atoms with Gasteiger partial charge in [-0.1, -0.05) is 0 Å². The largest absolute Gasteiger partial charge is 0.381 e. The van der Waals surface area contributed by atoms with Gasteiger partial charge in [0.2, 0.25) is 0 Å². The first-order valence-corrected chi connectivity index (χ1v) is 9.43. The second kappa shape index (κ2) is 9.02. The maximum Gasteiger partial charge on any atom is 0.191 e. The molecule has 2 aliphatic heterocycles. The molecule has 2 fully saturated rings. The fourth-order valence-corrected chi connectivity index (χ4v) is 3.73. The van der Waals surface area contributed by atoms with Crippen LogP contribution in [-0.2, 0) is 4.74 Å². The molecule has 0 saturated carbocycles. The van der Waals surface area contributed by atoms with Gasteiger partial charge in [0.1, 0.15) is 0 Å². The van der Waals surface area contributed by atoms with E-state index in [0.29, 0.717) is 12.1 Å². The Labute approximate surface area is 148 Å². The molecule has 0 aromatic heterocycles. The van der Waals surface area contributed by atoms with E-state index in [1.54, 1.807) is 0 Å². The molecule has 0 bridgehead atoms. The molecule has 0 aromatic rings. The maximum atomic E-state index is 5.55. The number of aliphatic imine (C=N–C) groups is 1. The zero-order valence-electron chi connectivity index (χ0n) is 16.3. The van der Waals surface area contributed by atoms with E-state index < -0.39 is 0 Å². The number of likely N-dealkylation sites (N-methyl/N-ethyl adjacent to an activating group) is 1. The van der Waals surface area contributed by atoms with Crippen LogP contribution in [0.15, 0.2) is 4.99 Å². The first-order chi connectivity index (χ1) is 11.5. The molecule has 0 aliphatic carbocycles. The third-order valence-electron chi connectivity index (χ3n) is 5.78. The molecule has 0 aromatic carbocycles. The number of guanidine groups is 1. The van der Waals surface area contributed by atoms with Crippen molar-refractivity contribution in [1.82, 2.24) is 20.4 Å². The van der Waals surface area contributed by atoms with Gasteiger partial charge >= 0.3 is 0 Å². The van der Waals surface area contributed by atoms with Gasteiger partial charge in [-0.25, -0.2) is 0 Å². The lowest BCUT2D eigenvalue weighted by Crippen LogP contribution is -2.58. The predicted octanol–water partition coefficient (Wildman–Crippen LogP) is 1.14. The van der Waals surface area contributed by atoms with E-state index in [0.717, 1.165) is 38.6 Å². The summed E-state index contributed by atoms with van der Waals surface area (Å²) in [6.07, 6.45) is 4.50. The second-order valence-corrected chi connectivity index (χ2v) is 7.71. The molecule has 0 atom stereocenters. The molecule has 2 N–H and O–H groups in total. The number of piperidine rings is 1. The van der Waals surface area contributed by atoms with Gasteiger partial charge in [-0.05, 0) is 53.6 Å². The van der Waals surface area contributed by atoms with Crippen LogP contribution in [0, 0.1) is 0 Å². The van der Waals surface area contributed by atoms with Gasteiger partial charge in [0.25, 0.3) is 0 Å². The Hall–Kier alpha value is -0.850. The van der Waals surface area contributed by atoms with Crippen LogP contribution in [0.5, 0.6) is 0 Å². The van der Waals surface area contributed by atoms with E-state index in [2.05, 4.69) is 53.4 Å². The van der Waals surface area contributed by atoms with Crippen molar-refractivity contribution in [2.45, 2.75) is 57.2 Å². The highest BCUT2D eigenvalue weighted by atomic mass is 16.5. The van der Waals surface area contributed by atoms with Crippen molar-refractivity contribution in [2.75, 3.05) is 54.0 Å². The smallest absolute Gasteiger partial charge is 0.191 e. The lowest BCUT2D eigenvalue weighted by molar-refractivity contribution is -0.00504. The number of nitrogens with zero attached hydrogens (tertiary/aromatic N) is 3. The average molecular weight is 340 g/mol. The summed E-state index contributed by atoms with van der Waals surface area (Å²) in [5.74, 6) is 0.936. The Morgan fingerprint density at radius 3 is 2.38 bits per heavy atom.